The third-order valence-corrected chi connectivity index (χ3v) is 4.53. The maximum Gasteiger partial charge on any atom is 0.228 e. The number of rotatable bonds is 6. The van der Waals surface area contributed by atoms with Crippen LogP contribution in [0.3, 0.4) is 0 Å². The first-order chi connectivity index (χ1) is 12.6. The summed E-state index contributed by atoms with van der Waals surface area (Å²) in [6.45, 7) is 4.07. The fraction of sp³-hybridized carbons (Fsp3) is 0.143. The molecule has 1 N–H and O–H groups in total. The van der Waals surface area contributed by atoms with E-state index in [4.69, 9.17) is 16.3 Å². The average molecular weight is 367 g/mol. The highest BCUT2D eigenvalue weighted by molar-refractivity contribution is 6.37. The van der Waals surface area contributed by atoms with Gasteiger partial charge in [0, 0.05) is 22.5 Å². The number of fused-ring (bicyclic) bond motifs is 1. The number of aromatic nitrogens is 1. The Kier molecular flexibility index (Phi) is 5.54. The molecule has 132 valence electrons. The van der Waals surface area contributed by atoms with Crippen molar-refractivity contribution in [2.45, 2.75) is 12.8 Å². The van der Waals surface area contributed by atoms with Gasteiger partial charge in [0.2, 0.25) is 5.91 Å². The van der Waals surface area contributed by atoms with Gasteiger partial charge in [0.05, 0.1) is 19.7 Å². The van der Waals surface area contributed by atoms with Gasteiger partial charge < -0.3 is 10.1 Å². The Morgan fingerprint density at radius 3 is 3.08 bits per heavy atom. The van der Waals surface area contributed by atoms with Crippen molar-refractivity contribution in [2.24, 2.45) is 0 Å². The Morgan fingerprint density at radius 2 is 2.27 bits per heavy atom. The number of carbonyl (C=O) groups excluding carboxylic acids is 1. The van der Waals surface area contributed by atoms with E-state index in [1.165, 1.54) is 0 Å². The molecule has 2 aromatic rings. The molecule has 1 aliphatic rings. The Morgan fingerprint density at radius 1 is 1.42 bits per heavy atom. The van der Waals surface area contributed by atoms with E-state index in [1.807, 2.05) is 42.5 Å². The van der Waals surface area contributed by atoms with Gasteiger partial charge in [0.15, 0.2) is 0 Å². The Balaban J connectivity index is 1.67. The number of anilines is 1. The molecule has 5 heteroatoms. The van der Waals surface area contributed by atoms with Crippen molar-refractivity contribution in [3.05, 3.63) is 83.2 Å². The van der Waals surface area contributed by atoms with Crippen LogP contribution in [0.15, 0.2) is 66.5 Å². The number of hydrogen-bond donors (Lipinski definition) is 1. The number of halogens is 1. The van der Waals surface area contributed by atoms with Crippen LogP contribution in [0.25, 0.3) is 5.57 Å². The minimum Gasteiger partial charge on any atom is -0.495 e. The first kappa shape index (κ1) is 18.0. The molecule has 2 heterocycles. The van der Waals surface area contributed by atoms with Crippen LogP contribution in [-0.4, -0.2) is 18.0 Å². The molecule has 0 radical (unpaired) electrons. The van der Waals surface area contributed by atoms with Crippen LogP contribution in [0.4, 0.5) is 5.69 Å². The van der Waals surface area contributed by atoms with E-state index >= 15 is 0 Å². The summed E-state index contributed by atoms with van der Waals surface area (Å²) in [7, 11) is 1.63. The van der Waals surface area contributed by atoms with Gasteiger partial charge in [-0.1, -0.05) is 36.4 Å². The van der Waals surface area contributed by atoms with E-state index in [-0.39, 0.29) is 5.91 Å². The standard InChI is InChI=1S/C21H19ClN2O2/c1-14(16-7-8-19-17(11-16)12-21(25)24-19)18(22)6-4-3-5-15-9-10-23-13-20(15)26-2/h3-4,6-11,13H,1,5,12H2,2H3,(H,24,25)/b4-3-,18-6+. The van der Waals surface area contributed by atoms with E-state index in [0.29, 0.717) is 17.9 Å². The van der Waals surface area contributed by atoms with E-state index in [0.717, 1.165) is 33.7 Å². The fourth-order valence-electron chi connectivity index (χ4n) is 2.76. The monoisotopic (exact) mass is 366 g/mol. The molecule has 0 saturated carbocycles. The lowest BCUT2D eigenvalue weighted by atomic mass is 10.0. The SMILES string of the molecule is C=C(/C(Cl)=C\C=C/Cc1ccncc1OC)c1ccc2c(c1)CC(=O)N2. The molecule has 0 fully saturated rings. The summed E-state index contributed by atoms with van der Waals surface area (Å²) in [5.74, 6) is 0.775. The Hall–Kier alpha value is -2.85. The van der Waals surface area contributed by atoms with Crippen LogP contribution < -0.4 is 10.1 Å². The lowest BCUT2D eigenvalue weighted by Crippen LogP contribution is -2.03. The summed E-state index contributed by atoms with van der Waals surface area (Å²) in [6.07, 6.45) is 10.3. The van der Waals surface area contributed by atoms with Crippen molar-refractivity contribution < 1.29 is 9.53 Å². The Labute approximate surface area is 157 Å². The molecule has 0 atom stereocenters. The van der Waals surface area contributed by atoms with E-state index in [1.54, 1.807) is 19.5 Å². The molecule has 1 aromatic heterocycles. The summed E-state index contributed by atoms with van der Waals surface area (Å²) in [4.78, 5) is 15.5. The third kappa shape index (κ3) is 4.03. The van der Waals surface area contributed by atoms with Gasteiger partial charge >= 0.3 is 0 Å². The van der Waals surface area contributed by atoms with Gasteiger partial charge in [-0.2, -0.15) is 0 Å². The maximum atomic E-state index is 11.5. The van der Waals surface area contributed by atoms with Crippen LogP contribution in [-0.2, 0) is 17.6 Å². The molecule has 1 aliphatic heterocycles. The molecular weight excluding hydrogens is 348 g/mol. The normalized spacial score (nSPS) is 13.6. The molecule has 1 aromatic carbocycles. The third-order valence-electron chi connectivity index (χ3n) is 4.17. The first-order valence-corrected chi connectivity index (χ1v) is 8.58. The predicted octanol–water partition coefficient (Wildman–Crippen LogP) is 4.52. The summed E-state index contributed by atoms with van der Waals surface area (Å²) in [6, 6.07) is 7.68. The second-order valence-corrected chi connectivity index (χ2v) is 6.32. The van der Waals surface area contributed by atoms with Crippen molar-refractivity contribution in [3.63, 3.8) is 0 Å². The smallest absolute Gasteiger partial charge is 0.228 e. The van der Waals surface area contributed by atoms with Crippen molar-refractivity contribution in [1.29, 1.82) is 0 Å². The van der Waals surface area contributed by atoms with Gasteiger partial charge in [-0.15, -0.1) is 0 Å². The molecule has 4 nitrogen and oxygen atoms in total. The number of allylic oxidation sites excluding steroid dienone is 5. The second kappa shape index (κ2) is 8.02. The summed E-state index contributed by atoms with van der Waals surface area (Å²) >= 11 is 6.38. The molecule has 1 amide bonds. The van der Waals surface area contributed by atoms with Crippen molar-refractivity contribution >= 4 is 28.8 Å². The number of amides is 1. The van der Waals surface area contributed by atoms with Crippen LogP contribution in [0, 0.1) is 0 Å². The lowest BCUT2D eigenvalue weighted by Gasteiger charge is -2.07. The number of nitrogens with zero attached hydrogens (tertiary/aromatic N) is 1. The maximum absolute atomic E-state index is 11.5. The number of nitrogens with one attached hydrogen (secondary N) is 1. The predicted molar refractivity (Wildman–Crippen MR) is 105 cm³/mol. The minimum absolute atomic E-state index is 0.0128. The van der Waals surface area contributed by atoms with E-state index in [2.05, 4.69) is 16.9 Å². The number of ether oxygens (including phenoxy) is 1. The second-order valence-electron chi connectivity index (χ2n) is 5.91. The van der Waals surface area contributed by atoms with Crippen LogP contribution in [0.1, 0.15) is 16.7 Å². The number of carbonyl (C=O) groups is 1. The van der Waals surface area contributed by atoms with E-state index < -0.39 is 0 Å². The number of benzene rings is 1. The highest BCUT2D eigenvalue weighted by Gasteiger charge is 2.18. The summed E-state index contributed by atoms with van der Waals surface area (Å²) < 4.78 is 5.28. The topological polar surface area (TPSA) is 51.2 Å². The highest BCUT2D eigenvalue weighted by Crippen LogP contribution is 2.30. The zero-order valence-corrected chi connectivity index (χ0v) is 15.2. The van der Waals surface area contributed by atoms with Crippen molar-refractivity contribution in [1.82, 2.24) is 4.98 Å². The van der Waals surface area contributed by atoms with Gasteiger partial charge in [-0.05, 0) is 47.4 Å². The number of pyridine rings is 1. The molecular formula is C21H19ClN2O2. The number of hydrogen-bond acceptors (Lipinski definition) is 3. The molecule has 0 bridgehead atoms. The number of methoxy groups -OCH3 is 1. The zero-order valence-electron chi connectivity index (χ0n) is 14.5. The molecule has 0 spiro atoms. The van der Waals surface area contributed by atoms with E-state index in [9.17, 15) is 4.79 Å². The molecule has 0 saturated heterocycles. The first-order valence-electron chi connectivity index (χ1n) is 8.20. The fourth-order valence-corrected chi connectivity index (χ4v) is 2.95. The largest absolute Gasteiger partial charge is 0.495 e. The minimum atomic E-state index is 0.0128. The van der Waals surface area contributed by atoms with Crippen molar-refractivity contribution in [2.75, 3.05) is 12.4 Å². The van der Waals surface area contributed by atoms with Gasteiger partial charge in [0.1, 0.15) is 5.75 Å². The van der Waals surface area contributed by atoms with Crippen LogP contribution in [0.5, 0.6) is 5.75 Å². The quantitative estimate of drug-likeness (QED) is 0.765. The van der Waals surface area contributed by atoms with Gasteiger partial charge in [0.25, 0.3) is 0 Å². The lowest BCUT2D eigenvalue weighted by molar-refractivity contribution is -0.115. The average Bonchev–Trinajstić information content (AvgIpc) is 3.03. The van der Waals surface area contributed by atoms with Crippen molar-refractivity contribution in [3.8, 4) is 5.75 Å². The van der Waals surface area contributed by atoms with Crippen LogP contribution in [0.2, 0.25) is 0 Å². The molecule has 0 unspecified atom stereocenters. The van der Waals surface area contributed by atoms with Gasteiger partial charge in [-0.25, -0.2) is 0 Å². The molecule has 0 aliphatic carbocycles. The highest BCUT2D eigenvalue weighted by atomic mass is 35.5. The molecule has 26 heavy (non-hydrogen) atoms. The summed E-state index contributed by atoms with van der Waals surface area (Å²) in [5.41, 5.74) is 4.51. The Bertz CT molecular complexity index is 916. The summed E-state index contributed by atoms with van der Waals surface area (Å²) in [5, 5.41) is 3.37. The molecule has 3 rings (SSSR count). The van der Waals surface area contributed by atoms with Crippen LogP contribution >= 0.6 is 11.6 Å². The van der Waals surface area contributed by atoms with Gasteiger partial charge in [-0.3, -0.25) is 9.78 Å². The zero-order chi connectivity index (χ0) is 18.5.